The van der Waals surface area contributed by atoms with Crippen molar-refractivity contribution in [1.29, 1.82) is 0 Å². The molecule has 0 saturated carbocycles. The molecule has 170 valence electrons. The molecule has 1 amide bonds. The van der Waals surface area contributed by atoms with E-state index in [2.05, 4.69) is 17.1 Å². The first-order chi connectivity index (χ1) is 15.4. The van der Waals surface area contributed by atoms with Crippen LogP contribution in [0.4, 0.5) is 5.69 Å². The number of unbranched alkanes of at least 4 members (excludes halogenated alkanes) is 1. The van der Waals surface area contributed by atoms with Crippen molar-refractivity contribution in [2.24, 2.45) is 0 Å². The number of anilines is 1. The summed E-state index contributed by atoms with van der Waals surface area (Å²) in [5, 5.41) is 3.50. The van der Waals surface area contributed by atoms with Crippen molar-refractivity contribution in [2.75, 3.05) is 32.6 Å². The largest absolute Gasteiger partial charge is 0.494 e. The van der Waals surface area contributed by atoms with E-state index in [-0.39, 0.29) is 11.7 Å². The second-order valence-corrected chi connectivity index (χ2v) is 8.25. The van der Waals surface area contributed by atoms with Crippen LogP contribution in [0.15, 0.2) is 46.9 Å². The van der Waals surface area contributed by atoms with Gasteiger partial charge in [-0.1, -0.05) is 13.3 Å². The standard InChI is InChI=1S/C26H32N2O4/c1-5-6-8-24-25(22-17-20(27-18(2)29)11-14-23(22)32-24)26(30)19-9-12-21(13-10-19)31-16-7-15-28(3)4/h9-14,17H,5-8,15-16H2,1-4H3,(H,27,29). The van der Waals surface area contributed by atoms with E-state index >= 15 is 0 Å². The summed E-state index contributed by atoms with van der Waals surface area (Å²) in [5.41, 5.74) is 2.44. The van der Waals surface area contributed by atoms with Gasteiger partial charge in [-0.05, 0) is 69.4 Å². The number of furan rings is 1. The molecule has 1 N–H and O–H groups in total. The van der Waals surface area contributed by atoms with Gasteiger partial charge in [0.25, 0.3) is 0 Å². The average Bonchev–Trinajstić information content (AvgIpc) is 3.12. The third kappa shape index (κ3) is 5.98. The first-order valence-electron chi connectivity index (χ1n) is 11.1. The number of carbonyl (C=O) groups is 2. The molecule has 0 unspecified atom stereocenters. The van der Waals surface area contributed by atoms with Crippen molar-refractivity contribution >= 4 is 28.3 Å². The van der Waals surface area contributed by atoms with Crippen LogP contribution in [0.1, 0.15) is 54.8 Å². The van der Waals surface area contributed by atoms with Crippen LogP contribution in [-0.2, 0) is 11.2 Å². The zero-order chi connectivity index (χ0) is 23.1. The number of ketones is 1. The molecular formula is C26H32N2O4. The summed E-state index contributed by atoms with van der Waals surface area (Å²) >= 11 is 0. The van der Waals surface area contributed by atoms with Crippen molar-refractivity contribution < 1.29 is 18.7 Å². The summed E-state index contributed by atoms with van der Waals surface area (Å²) < 4.78 is 11.8. The Morgan fingerprint density at radius 3 is 2.47 bits per heavy atom. The first-order valence-corrected chi connectivity index (χ1v) is 11.1. The number of carbonyl (C=O) groups excluding carboxylic acids is 2. The number of nitrogens with one attached hydrogen (secondary N) is 1. The van der Waals surface area contributed by atoms with Gasteiger partial charge < -0.3 is 19.4 Å². The Morgan fingerprint density at radius 2 is 1.81 bits per heavy atom. The summed E-state index contributed by atoms with van der Waals surface area (Å²) in [6.07, 6.45) is 3.56. The number of hydrogen-bond acceptors (Lipinski definition) is 5. The third-order valence-electron chi connectivity index (χ3n) is 5.20. The fourth-order valence-electron chi connectivity index (χ4n) is 3.61. The minimum atomic E-state index is -0.159. The van der Waals surface area contributed by atoms with Gasteiger partial charge in [0.15, 0.2) is 5.78 Å². The Morgan fingerprint density at radius 1 is 1.06 bits per heavy atom. The Kier molecular flexibility index (Phi) is 8.06. The number of ether oxygens (including phenoxy) is 1. The molecule has 6 heteroatoms. The second kappa shape index (κ2) is 11.0. The SMILES string of the molecule is CCCCc1oc2ccc(NC(C)=O)cc2c1C(=O)c1ccc(OCCCN(C)C)cc1. The molecule has 0 atom stereocenters. The fraction of sp³-hybridized carbons (Fsp3) is 0.385. The highest BCUT2D eigenvalue weighted by molar-refractivity contribution is 6.17. The van der Waals surface area contributed by atoms with E-state index < -0.39 is 0 Å². The van der Waals surface area contributed by atoms with Crippen LogP contribution < -0.4 is 10.1 Å². The monoisotopic (exact) mass is 436 g/mol. The van der Waals surface area contributed by atoms with Gasteiger partial charge in [-0.25, -0.2) is 0 Å². The van der Waals surface area contributed by atoms with E-state index in [4.69, 9.17) is 9.15 Å². The summed E-state index contributed by atoms with van der Waals surface area (Å²) in [4.78, 5) is 27.1. The van der Waals surface area contributed by atoms with Gasteiger partial charge in [0.05, 0.1) is 12.2 Å². The lowest BCUT2D eigenvalue weighted by atomic mass is 9.98. The Bertz CT molecular complexity index is 1070. The highest BCUT2D eigenvalue weighted by atomic mass is 16.5. The van der Waals surface area contributed by atoms with Gasteiger partial charge in [-0.3, -0.25) is 9.59 Å². The maximum Gasteiger partial charge on any atom is 0.221 e. The van der Waals surface area contributed by atoms with E-state index in [0.717, 1.165) is 36.9 Å². The molecular weight excluding hydrogens is 404 g/mol. The summed E-state index contributed by atoms with van der Waals surface area (Å²) in [6, 6.07) is 12.7. The van der Waals surface area contributed by atoms with Gasteiger partial charge in [0.1, 0.15) is 17.1 Å². The smallest absolute Gasteiger partial charge is 0.221 e. The Labute approximate surface area is 189 Å². The van der Waals surface area contributed by atoms with Crippen molar-refractivity contribution in [3.8, 4) is 5.75 Å². The number of nitrogens with zero attached hydrogens (tertiary/aromatic N) is 1. The van der Waals surface area contributed by atoms with Crippen LogP contribution >= 0.6 is 0 Å². The van der Waals surface area contributed by atoms with Gasteiger partial charge in [-0.2, -0.15) is 0 Å². The lowest BCUT2D eigenvalue weighted by Gasteiger charge is -2.10. The minimum absolute atomic E-state index is 0.0889. The molecule has 0 aliphatic carbocycles. The lowest BCUT2D eigenvalue weighted by molar-refractivity contribution is -0.114. The summed E-state index contributed by atoms with van der Waals surface area (Å²) in [7, 11) is 4.07. The predicted octanol–water partition coefficient (Wildman–Crippen LogP) is 5.30. The molecule has 0 radical (unpaired) electrons. The van der Waals surface area contributed by atoms with Crippen LogP contribution in [0.25, 0.3) is 11.0 Å². The zero-order valence-electron chi connectivity index (χ0n) is 19.4. The molecule has 0 spiro atoms. The second-order valence-electron chi connectivity index (χ2n) is 8.25. The van der Waals surface area contributed by atoms with E-state index in [9.17, 15) is 9.59 Å². The zero-order valence-corrected chi connectivity index (χ0v) is 19.4. The van der Waals surface area contributed by atoms with E-state index in [1.165, 1.54) is 6.92 Å². The van der Waals surface area contributed by atoms with Crippen LogP contribution in [0.3, 0.4) is 0 Å². The molecule has 2 aromatic carbocycles. The molecule has 0 saturated heterocycles. The number of benzene rings is 2. The first kappa shape index (κ1) is 23.5. The van der Waals surface area contributed by atoms with Gasteiger partial charge >= 0.3 is 0 Å². The van der Waals surface area contributed by atoms with Crippen molar-refractivity contribution in [2.45, 2.75) is 39.5 Å². The molecule has 1 heterocycles. The van der Waals surface area contributed by atoms with Crippen molar-refractivity contribution in [3.05, 3.63) is 59.4 Å². The summed E-state index contributed by atoms with van der Waals surface area (Å²) in [6.45, 7) is 5.16. The molecule has 0 aliphatic rings. The Hall–Kier alpha value is -3.12. The van der Waals surface area contributed by atoms with E-state index in [1.54, 1.807) is 24.3 Å². The molecule has 3 rings (SSSR count). The molecule has 0 aliphatic heterocycles. The predicted molar refractivity (Wildman–Crippen MR) is 128 cm³/mol. The number of hydrogen-bond donors (Lipinski definition) is 1. The lowest BCUT2D eigenvalue weighted by Crippen LogP contribution is -2.15. The van der Waals surface area contributed by atoms with Gasteiger partial charge in [0.2, 0.25) is 5.91 Å². The van der Waals surface area contributed by atoms with E-state index in [1.807, 2.05) is 32.3 Å². The normalized spacial score (nSPS) is 11.2. The van der Waals surface area contributed by atoms with Crippen LogP contribution in [0.2, 0.25) is 0 Å². The highest BCUT2D eigenvalue weighted by Crippen LogP contribution is 2.32. The molecule has 0 bridgehead atoms. The maximum absolute atomic E-state index is 13.5. The number of rotatable bonds is 11. The third-order valence-corrected chi connectivity index (χ3v) is 5.20. The maximum atomic E-state index is 13.5. The van der Waals surface area contributed by atoms with Crippen LogP contribution in [0, 0.1) is 0 Å². The van der Waals surface area contributed by atoms with Crippen LogP contribution in [-0.4, -0.2) is 43.8 Å². The minimum Gasteiger partial charge on any atom is -0.494 e. The van der Waals surface area contributed by atoms with Gasteiger partial charge in [-0.15, -0.1) is 0 Å². The fourth-order valence-corrected chi connectivity index (χ4v) is 3.61. The molecule has 32 heavy (non-hydrogen) atoms. The number of fused-ring (bicyclic) bond motifs is 1. The van der Waals surface area contributed by atoms with Crippen molar-refractivity contribution in [1.82, 2.24) is 4.90 Å². The highest BCUT2D eigenvalue weighted by Gasteiger charge is 2.22. The topological polar surface area (TPSA) is 71.8 Å². The molecule has 6 nitrogen and oxygen atoms in total. The van der Waals surface area contributed by atoms with Gasteiger partial charge in [0, 0.05) is 36.5 Å². The molecule has 1 aromatic heterocycles. The number of aryl methyl sites for hydroxylation is 1. The summed E-state index contributed by atoms with van der Waals surface area (Å²) in [5.74, 6) is 1.19. The van der Waals surface area contributed by atoms with Crippen LogP contribution in [0.5, 0.6) is 5.75 Å². The molecule has 3 aromatic rings. The Balaban J connectivity index is 1.87. The number of amides is 1. The average molecular weight is 437 g/mol. The van der Waals surface area contributed by atoms with E-state index in [0.29, 0.717) is 41.2 Å². The van der Waals surface area contributed by atoms with Crippen molar-refractivity contribution in [3.63, 3.8) is 0 Å². The quantitative estimate of drug-likeness (QED) is 0.326. The molecule has 0 fully saturated rings.